The zero-order valence-corrected chi connectivity index (χ0v) is 12.9. The molecule has 0 heterocycles. The normalized spacial score (nSPS) is 13.4. The van der Waals surface area contributed by atoms with Crippen molar-refractivity contribution in [3.63, 3.8) is 0 Å². The lowest BCUT2D eigenvalue weighted by Gasteiger charge is -2.11. The first-order valence-corrected chi connectivity index (χ1v) is 7.86. The molecule has 0 spiro atoms. The summed E-state index contributed by atoms with van der Waals surface area (Å²) in [5, 5.41) is 9.42. The molecule has 0 saturated heterocycles. The Kier molecular flexibility index (Phi) is 6.21. The molecule has 0 aliphatic heterocycles. The van der Waals surface area contributed by atoms with Crippen molar-refractivity contribution in [2.45, 2.75) is 17.4 Å². The van der Waals surface area contributed by atoms with Gasteiger partial charge in [0.25, 0.3) is 0 Å². The number of sulfonamides is 1. The number of hydrogen-bond donors (Lipinski definition) is 3. The van der Waals surface area contributed by atoms with Gasteiger partial charge < -0.3 is 15.6 Å². The number of methoxy groups -OCH3 is 1. The number of benzene rings is 1. The van der Waals surface area contributed by atoms with Crippen LogP contribution in [-0.4, -0.2) is 39.9 Å². The van der Waals surface area contributed by atoms with E-state index < -0.39 is 16.1 Å². The molecule has 0 fully saturated rings. The molecule has 0 aliphatic carbocycles. The minimum Gasteiger partial charge on any atom is -0.399 e. The second-order valence-electron chi connectivity index (χ2n) is 3.99. The lowest BCUT2D eigenvalue weighted by Crippen LogP contribution is -2.28. The Bertz CT molecular complexity index is 521. The van der Waals surface area contributed by atoms with E-state index in [1.807, 2.05) is 0 Å². The van der Waals surface area contributed by atoms with E-state index in [4.69, 9.17) is 10.5 Å². The van der Waals surface area contributed by atoms with Gasteiger partial charge in [-0.25, -0.2) is 13.1 Å². The average molecular weight is 353 g/mol. The van der Waals surface area contributed by atoms with Crippen molar-refractivity contribution in [3.8, 4) is 0 Å². The fourth-order valence-corrected chi connectivity index (χ4v) is 3.59. The second kappa shape index (κ2) is 7.20. The topological polar surface area (TPSA) is 102 Å². The molecule has 8 heteroatoms. The molecule has 1 unspecified atom stereocenters. The number of aliphatic hydroxyl groups is 1. The molecule has 1 aromatic carbocycles. The monoisotopic (exact) mass is 352 g/mol. The average Bonchev–Trinajstić information content (AvgIpc) is 2.28. The molecule has 4 N–H and O–H groups in total. The summed E-state index contributed by atoms with van der Waals surface area (Å²) in [6.45, 7) is 0.303. The number of ether oxygens (including phenoxy) is 1. The summed E-state index contributed by atoms with van der Waals surface area (Å²) in [6, 6.07) is 4.46. The molecule has 1 rings (SSSR count). The Labute approximate surface area is 121 Å². The number of nitrogens with two attached hydrogens (primary N) is 1. The van der Waals surface area contributed by atoms with Crippen LogP contribution in [0.3, 0.4) is 0 Å². The SMILES string of the molecule is COCC(O)CCNS(=O)(=O)c1ccc(N)cc1Br. The Morgan fingerprint density at radius 3 is 2.79 bits per heavy atom. The van der Waals surface area contributed by atoms with Crippen molar-refractivity contribution in [2.75, 3.05) is 26.0 Å². The highest BCUT2D eigenvalue weighted by molar-refractivity contribution is 9.10. The van der Waals surface area contributed by atoms with Gasteiger partial charge in [0.05, 0.1) is 17.6 Å². The molecular weight excluding hydrogens is 336 g/mol. The predicted octanol–water partition coefficient (Wildman–Crippen LogP) is 0.707. The lowest BCUT2D eigenvalue weighted by molar-refractivity contribution is 0.0603. The van der Waals surface area contributed by atoms with E-state index in [0.717, 1.165) is 0 Å². The maximum atomic E-state index is 12.0. The molecule has 108 valence electrons. The van der Waals surface area contributed by atoms with Crippen LogP contribution >= 0.6 is 15.9 Å². The largest absolute Gasteiger partial charge is 0.399 e. The van der Waals surface area contributed by atoms with Crippen molar-refractivity contribution in [1.82, 2.24) is 4.72 Å². The van der Waals surface area contributed by atoms with Crippen molar-refractivity contribution < 1.29 is 18.3 Å². The Morgan fingerprint density at radius 2 is 2.21 bits per heavy atom. The van der Waals surface area contributed by atoms with E-state index in [1.54, 1.807) is 0 Å². The highest BCUT2D eigenvalue weighted by atomic mass is 79.9. The van der Waals surface area contributed by atoms with Crippen molar-refractivity contribution in [1.29, 1.82) is 0 Å². The molecule has 0 amide bonds. The van der Waals surface area contributed by atoms with Crippen molar-refractivity contribution in [2.24, 2.45) is 0 Å². The molecule has 1 aromatic rings. The minimum atomic E-state index is -3.62. The summed E-state index contributed by atoms with van der Waals surface area (Å²) in [5.41, 5.74) is 6.03. The highest BCUT2D eigenvalue weighted by Gasteiger charge is 2.17. The standard InChI is InChI=1S/C11H17BrN2O4S/c1-18-7-9(15)4-5-14-19(16,17)11-3-2-8(13)6-10(11)12/h2-3,6,9,14-15H,4-5,7,13H2,1H3. The van der Waals surface area contributed by atoms with Crippen LogP contribution in [0, 0.1) is 0 Å². The molecule has 0 bridgehead atoms. The third kappa shape index (κ3) is 5.07. The number of halogens is 1. The third-order valence-electron chi connectivity index (χ3n) is 2.37. The van der Waals surface area contributed by atoms with Crippen LogP contribution in [0.15, 0.2) is 27.6 Å². The summed E-state index contributed by atoms with van der Waals surface area (Å²) in [5.74, 6) is 0. The molecule has 0 radical (unpaired) electrons. The molecule has 0 saturated carbocycles. The van der Waals surface area contributed by atoms with Gasteiger partial charge in [-0.1, -0.05) is 0 Å². The van der Waals surface area contributed by atoms with Crippen LogP contribution in [-0.2, 0) is 14.8 Å². The smallest absolute Gasteiger partial charge is 0.241 e. The van der Waals surface area contributed by atoms with Gasteiger partial charge in [-0.3, -0.25) is 0 Å². The van der Waals surface area contributed by atoms with Gasteiger partial charge in [-0.2, -0.15) is 0 Å². The van der Waals surface area contributed by atoms with Crippen LogP contribution in [0.4, 0.5) is 5.69 Å². The van der Waals surface area contributed by atoms with Crippen LogP contribution in [0.5, 0.6) is 0 Å². The van der Waals surface area contributed by atoms with Gasteiger partial charge in [0, 0.05) is 23.8 Å². The maximum Gasteiger partial charge on any atom is 0.241 e. The van der Waals surface area contributed by atoms with Crippen LogP contribution in [0.1, 0.15) is 6.42 Å². The zero-order valence-electron chi connectivity index (χ0n) is 10.5. The summed E-state index contributed by atoms with van der Waals surface area (Å²) in [7, 11) is -2.15. The number of nitrogen functional groups attached to an aromatic ring is 1. The van der Waals surface area contributed by atoms with E-state index in [0.29, 0.717) is 10.2 Å². The Morgan fingerprint density at radius 1 is 1.53 bits per heavy atom. The molecule has 1 atom stereocenters. The van der Waals surface area contributed by atoms with E-state index >= 15 is 0 Å². The third-order valence-corrected chi connectivity index (χ3v) is 4.81. The predicted molar refractivity (Wildman–Crippen MR) is 76.2 cm³/mol. The van der Waals surface area contributed by atoms with Crippen LogP contribution in [0.25, 0.3) is 0 Å². The summed E-state index contributed by atoms with van der Waals surface area (Å²) in [6.07, 6.45) is -0.415. The number of hydrogen-bond acceptors (Lipinski definition) is 5. The lowest BCUT2D eigenvalue weighted by atomic mass is 10.3. The first kappa shape index (κ1) is 16.4. The van der Waals surface area contributed by atoms with Gasteiger partial charge in [0.2, 0.25) is 10.0 Å². The quantitative estimate of drug-likeness (QED) is 0.627. The molecule has 6 nitrogen and oxygen atoms in total. The highest BCUT2D eigenvalue weighted by Crippen LogP contribution is 2.23. The zero-order chi connectivity index (χ0) is 14.5. The number of aliphatic hydroxyl groups excluding tert-OH is 1. The maximum absolute atomic E-state index is 12.0. The Balaban J connectivity index is 2.66. The van der Waals surface area contributed by atoms with Gasteiger partial charge in [0.1, 0.15) is 0 Å². The Hall–Kier alpha value is -0.670. The summed E-state index contributed by atoms with van der Waals surface area (Å²) >= 11 is 3.16. The minimum absolute atomic E-state index is 0.114. The van der Waals surface area contributed by atoms with Gasteiger partial charge in [-0.05, 0) is 40.5 Å². The fourth-order valence-electron chi connectivity index (χ4n) is 1.45. The van der Waals surface area contributed by atoms with Crippen molar-refractivity contribution >= 4 is 31.6 Å². The van der Waals surface area contributed by atoms with E-state index in [2.05, 4.69) is 20.7 Å². The molecule has 0 aromatic heterocycles. The molecular formula is C11H17BrN2O4S. The number of rotatable bonds is 7. The van der Waals surface area contributed by atoms with E-state index in [-0.39, 0.29) is 24.5 Å². The van der Waals surface area contributed by atoms with Gasteiger partial charge >= 0.3 is 0 Å². The molecule has 19 heavy (non-hydrogen) atoms. The van der Waals surface area contributed by atoms with Gasteiger partial charge in [-0.15, -0.1) is 0 Å². The van der Waals surface area contributed by atoms with Crippen LogP contribution in [0.2, 0.25) is 0 Å². The van der Waals surface area contributed by atoms with Crippen molar-refractivity contribution in [3.05, 3.63) is 22.7 Å². The number of nitrogens with one attached hydrogen (secondary N) is 1. The number of anilines is 1. The summed E-state index contributed by atoms with van der Waals surface area (Å²) in [4.78, 5) is 0.114. The molecule has 0 aliphatic rings. The summed E-state index contributed by atoms with van der Waals surface area (Å²) < 4.78 is 31.6. The second-order valence-corrected chi connectivity index (χ2v) is 6.58. The van der Waals surface area contributed by atoms with E-state index in [9.17, 15) is 13.5 Å². The first-order chi connectivity index (χ1) is 8.86. The van der Waals surface area contributed by atoms with Crippen LogP contribution < -0.4 is 10.5 Å². The van der Waals surface area contributed by atoms with E-state index in [1.165, 1.54) is 25.3 Å². The first-order valence-electron chi connectivity index (χ1n) is 5.58. The fraction of sp³-hybridized carbons (Fsp3) is 0.455. The van der Waals surface area contributed by atoms with Gasteiger partial charge in [0.15, 0.2) is 0 Å².